The summed E-state index contributed by atoms with van der Waals surface area (Å²) in [4.78, 5) is 0. The van der Waals surface area contributed by atoms with Crippen molar-refractivity contribution in [3.8, 4) is 0 Å². The maximum absolute atomic E-state index is 12.6. The van der Waals surface area contributed by atoms with Gasteiger partial charge in [-0.05, 0) is 17.7 Å². The average molecular weight is 252 g/mol. The van der Waals surface area contributed by atoms with Gasteiger partial charge in [0.25, 0.3) is 0 Å². The van der Waals surface area contributed by atoms with Crippen LogP contribution in [0.3, 0.4) is 0 Å². The van der Waals surface area contributed by atoms with E-state index in [0.717, 1.165) is 0 Å². The standard InChI is InChI=1S/C11H13ClF3N/c1-10(2,9(16)11(13,14)15)7-4-3-5-8(12)6-7/h3-6,9H,16H2,1-2H3. The SMILES string of the molecule is CC(C)(c1cccc(Cl)c1)C(N)C(F)(F)F. The van der Waals surface area contributed by atoms with Crippen LogP contribution in [-0.2, 0) is 5.41 Å². The maximum Gasteiger partial charge on any atom is 0.404 e. The lowest BCUT2D eigenvalue weighted by Gasteiger charge is -2.33. The largest absolute Gasteiger partial charge is 0.404 e. The molecule has 0 aliphatic carbocycles. The fourth-order valence-corrected chi connectivity index (χ4v) is 1.67. The molecule has 0 bridgehead atoms. The molecule has 1 aromatic rings. The minimum Gasteiger partial charge on any atom is -0.319 e. The van der Waals surface area contributed by atoms with Crippen molar-refractivity contribution < 1.29 is 13.2 Å². The van der Waals surface area contributed by atoms with E-state index in [1.165, 1.54) is 19.9 Å². The Kier molecular flexibility index (Phi) is 3.55. The van der Waals surface area contributed by atoms with Gasteiger partial charge in [-0.1, -0.05) is 37.6 Å². The molecule has 0 radical (unpaired) electrons. The van der Waals surface area contributed by atoms with Gasteiger partial charge in [0.05, 0.1) is 0 Å². The number of nitrogens with two attached hydrogens (primary N) is 1. The number of hydrogen-bond donors (Lipinski definition) is 1. The van der Waals surface area contributed by atoms with Gasteiger partial charge < -0.3 is 5.73 Å². The summed E-state index contributed by atoms with van der Waals surface area (Å²) in [5.74, 6) is 0. The molecule has 1 unspecified atom stereocenters. The zero-order valence-electron chi connectivity index (χ0n) is 8.98. The molecule has 0 aliphatic heterocycles. The summed E-state index contributed by atoms with van der Waals surface area (Å²) in [6.45, 7) is 2.91. The predicted octanol–water partition coefficient (Wildman–Crippen LogP) is 3.51. The third-order valence-electron chi connectivity index (χ3n) is 2.70. The van der Waals surface area contributed by atoms with Crippen LogP contribution in [0.1, 0.15) is 19.4 Å². The van der Waals surface area contributed by atoms with Crippen LogP contribution in [-0.4, -0.2) is 12.2 Å². The van der Waals surface area contributed by atoms with Gasteiger partial charge in [-0.3, -0.25) is 0 Å². The van der Waals surface area contributed by atoms with Crippen molar-refractivity contribution in [3.05, 3.63) is 34.9 Å². The van der Waals surface area contributed by atoms with E-state index in [2.05, 4.69) is 0 Å². The molecule has 0 saturated heterocycles. The topological polar surface area (TPSA) is 26.0 Å². The lowest BCUT2D eigenvalue weighted by Crippen LogP contribution is -2.51. The van der Waals surface area contributed by atoms with Crippen LogP contribution in [0.4, 0.5) is 13.2 Å². The number of rotatable bonds is 2. The molecule has 1 rings (SSSR count). The van der Waals surface area contributed by atoms with E-state index in [-0.39, 0.29) is 0 Å². The summed E-state index contributed by atoms with van der Waals surface area (Å²) in [5.41, 5.74) is 4.51. The van der Waals surface area contributed by atoms with Gasteiger partial charge in [0, 0.05) is 10.4 Å². The molecule has 0 amide bonds. The van der Waals surface area contributed by atoms with Crippen LogP contribution in [0.15, 0.2) is 24.3 Å². The highest BCUT2D eigenvalue weighted by Crippen LogP contribution is 2.35. The second kappa shape index (κ2) is 4.26. The summed E-state index contributed by atoms with van der Waals surface area (Å²) < 4.78 is 37.7. The molecule has 0 spiro atoms. The summed E-state index contributed by atoms with van der Waals surface area (Å²) in [6.07, 6.45) is -4.42. The molecule has 1 nitrogen and oxygen atoms in total. The van der Waals surface area contributed by atoms with Crippen molar-refractivity contribution in [2.45, 2.75) is 31.5 Å². The van der Waals surface area contributed by atoms with E-state index in [9.17, 15) is 13.2 Å². The van der Waals surface area contributed by atoms with E-state index in [1.807, 2.05) is 0 Å². The number of alkyl halides is 3. The van der Waals surface area contributed by atoms with Crippen LogP contribution in [0.5, 0.6) is 0 Å². The van der Waals surface area contributed by atoms with E-state index < -0.39 is 17.6 Å². The van der Waals surface area contributed by atoms with Crippen LogP contribution in [0.2, 0.25) is 5.02 Å². The van der Waals surface area contributed by atoms with Gasteiger partial charge in [0.1, 0.15) is 6.04 Å². The fourth-order valence-electron chi connectivity index (χ4n) is 1.48. The molecule has 0 fully saturated rings. The Bertz CT molecular complexity index is 374. The highest BCUT2D eigenvalue weighted by Gasteiger charge is 2.47. The highest BCUT2D eigenvalue weighted by molar-refractivity contribution is 6.30. The molecule has 0 aliphatic rings. The Balaban J connectivity index is 3.11. The van der Waals surface area contributed by atoms with Crippen molar-refractivity contribution in [3.63, 3.8) is 0 Å². The lowest BCUT2D eigenvalue weighted by atomic mass is 9.78. The van der Waals surface area contributed by atoms with Crippen LogP contribution in [0, 0.1) is 0 Å². The number of benzene rings is 1. The Morgan fingerprint density at radius 3 is 2.25 bits per heavy atom. The first-order valence-electron chi connectivity index (χ1n) is 4.74. The van der Waals surface area contributed by atoms with Crippen molar-refractivity contribution in [2.24, 2.45) is 5.73 Å². The maximum atomic E-state index is 12.6. The summed E-state index contributed by atoms with van der Waals surface area (Å²) in [7, 11) is 0. The summed E-state index contributed by atoms with van der Waals surface area (Å²) >= 11 is 5.75. The van der Waals surface area contributed by atoms with E-state index in [4.69, 9.17) is 17.3 Å². The average Bonchev–Trinajstić information content (AvgIpc) is 2.15. The molecule has 0 saturated carbocycles. The monoisotopic (exact) mass is 251 g/mol. The van der Waals surface area contributed by atoms with Crippen molar-refractivity contribution >= 4 is 11.6 Å². The molecule has 5 heteroatoms. The van der Waals surface area contributed by atoms with E-state index in [0.29, 0.717) is 10.6 Å². The van der Waals surface area contributed by atoms with Crippen LogP contribution in [0.25, 0.3) is 0 Å². The van der Waals surface area contributed by atoms with E-state index in [1.54, 1.807) is 18.2 Å². The minimum absolute atomic E-state index is 0.403. The molecule has 0 heterocycles. The Labute approximate surface area is 97.4 Å². The Morgan fingerprint density at radius 1 is 1.25 bits per heavy atom. The highest BCUT2D eigenvalue weighted by atomic mass is 35.5. The van der Waals surface area contributed by atoms with Crippen molar-refractivity contribution in [1.82, 2.24) is 0 Å². The molecule has 0 aromatic heterocycles. The van der Waals surface area contributed by atoms with Crippen LogP contribution < -0.4 is 5.73 Å². The molecule has 16 heavy (non-hydrogen) atoms. The quantitative estimate of drug-likeness (QED) is 0.855. The first-order chi connectivity index (χ1) is 7.15. The molecule has 90 valence electrons. The zero-order valence-corrected chi connectivity index (χ0v) is 9.73. The Hall–Kier alpha value is -0.740. The van der Waals surface area contributed by atoms with Crippen LogP contribution >= 0.6 is 11.6 Å². The van der Waals surface area contributed by atoms with Gasteiger partial charge in [-0.25, -0.2) is 0 Å². The second-order valence-corrected chi connectivity index (χ2v) is 4.69. The minimum atomic E-state index is -4.42. The van der Waals surface area contributed by atoms with Gasteiger partial charge in [-0.2, -0.15) is 13.2 Å². The predicted molar refractivity (Wildman–Crippen MR) is 58.5 cm³/mol. The molecule has 1 aromatic carbocycles. The third kappa shape index (κ3) is 2.68. The number of halogens is 4. The lowest BCUT2D eigenvalue weighted by molar-refractivity contribution is -0.160. The summed E-state index contributed by atoms with van der Waals surface area (Å²) in [6, 6.07) is 4.41. The zero-order chi connectivity index (χ0) is 12.6. The number of hydrogen-bond acceptors (Lipinski definition) is 1. The molecule has 2 N–H and O–H groups in total. The Morgan fingerprint density at radius 2 is 1.81 bits per heavy atom. The summed E-state index contributed by atoms with van der Waals surface area (Å²) in [5, 5.41) is 0.403. The fraction of sp³-hybridized carbons (Fsp3) is 0.455. The smallest absolute Gasteiger partial charge is 0.319 e. The molecule has 1 atom stereocenters. The first kappa shape index (κ1) is 13.3. The van der Waals surface area contributed by atoms with Gasteiger partial charge >= 0.3 is 6.18 Å². The van der Waals surface area contributed by atoms with Gasteiger partial charge in [0.2, 0.25) is 0 Å². The van der Waals surface area contributed by atoms with Gasteiger partial charge in [-0.15, -0.1) is 0 Å². The van der Waals surface area contributed by atoms with Crippen molar-refractivity contribution in [2.75, 3.05) is 0 Å². The van der Waals surface area contributed by atoms with Crippen molar-refractivity contribution in [1.29, 1.82) is 0 Å². The molecular formula is C11H13ClF3N. The molecular weight excluding hydrogens is 239 g/mol. The third-order valence-corrected chi connectivity index (χ3v) is 2.93. The van der Waals surface area contributed by atoms with Gasteiger partial charge in [0.15, 0.2) is 0 Å². The van der Waals surface area contributed by atoms with E-state index >= 15 is 0 Å². The first-order valence-corrected chi connectivity index (χ1v) is 5.12. The second-order valence-electron chi connectivity index (χ2n) is 4.25. The normalized spacial score (nSPS) is 14.9.